The van der Waals surface area contributed by atoms with E-state index < -0.39 is 16.1 Å². The predicted octanol–water partition coefficient (Wildman–Crippen LogP) is 1.92. The van der Waals surface area contributed by atoms with Crippen molar-refractivity contribution in [3.63, 3.8) is 0 Å². The van der Waals surface area contributed by atoms with Crippen LogP contribution in [-0.4, -0.2) is 74.1 Å². The second kappa shape index (κ2) is 11.1. The molecule has 0 saturated carbocycles. The third-order valence-electron chi connectivity index (χ3n) is 4.83. The Morgan fingerprint density at radius 2 is 1.93 bits per heavy atom. The standard InChI is InChI=1S/C19H30FN3O3S2/c1-3-28(25,26)21-18(9-14-27-2)19(24)23-11-4-10-22(12-13-23)15-16-5-7-17(20)8-6-16/h5-8,18,21H,3-4,9-15H2,1-2H3. The van der Waals surface area contributed by atoms with Crippen molar-refractivity contribution in [2.24, 2.45) is 0 Å². The van der Waals surface area contributed by atoms with Gasteiger partial charge >= 0.3 is 0 Å². The molecule has 6 nitrogen and oxygen atoms in total. The lowest BCUT2D eigenvalue weighted by atomic mass is 10.2. The Labute approximate surface area is 171 Å². The van der Waals surface area contributed by atoms with Crippen LogP contribution in [-0.2, 0) is 21.4 Å². The molecule has 1 aliphatic heterocycles. The fourth-order valence-corrected chi connectivity index (χ4v) is 4.48. The summed E-state index contributed by atoms with van der Waals surface area (Å²) in [5, 5.41) is 0. The first kappa shape index (κ1) is 23.1. The number of sulfonamides is 1. The number of nitrogens with one attached hydrogen (secondary N) is 1. The zero-order chi connectivity index (χ0) is 20.6. The molecule has 1 saturated heterocycles. The third kappa shape index (κ3) is 7.35. The minimum atomic E-state index is -3.44. The number of benzene rings is 1. The Hall–Kier alpha value is -1.16. The van der Waals surface area contributed by atoms with Crippen molar-refractivity contribution in [2.75, 3.05) is 43.9 Å². The molecule has 0 aromatic heterocycles. The predicted molar refractivity (Wildman–Crippen MR) is 112 cm³/mol. The maximum atomic E-state index is 13.1. The molecule has 0 spiro atoms. The summed E-state index contributed by atoms with van der Waals surface area (Å²) in [6.07, 6.45) is 3.24. The summed E-state index contributed by atoms with van der Waals surface area (Å²) in [6, 6.07) is 5.77. The number of carbonyl (C=O) groups is 1. The van der Waals surface area contributed by atoms with Gasteiger partial charge in [0.1, 0.15) is 11.9 Å². The van der Waals surface area contributed by atoms with Gasteiger partial charge in [0.2, 0.25) is 15.9 Å². The monoisotopic (exact) mass is 431 g/mol. The SMILES string of the molecule is CCS(=O)(=O)NC(CCSC)C(=O)N1CCCN(Cc2ccc(F)cc2)CC1. The summed E-state index contributed by atoms with van der Waals surface area (Å²) in [5.74, 6) is 0.284. The van der Waals surface area contributed by atoms with Gasteiger partial charge in [0.05, 0.1) is 5.75 Å². The first-order chi connectivity index (χ1) is 13.3. The highest BCUT2D eigenvalue weighted by Crippen LogP contribution is 2.13. The molecule has 0 radical (unpaired) electrons. The number of hydrogen-bond acceptors (Lipinski definition) is 5. The van der Waals surface area contributed by atoms with E-state index in [1.165, 1.54) is 12.1 Å². The van der Waals surface area contributed by atoms with Crippen LogP contribution in [0.15, 0.2) is 24.3 Å². The molecule has 1 aromatic carbocycles. The summed E-state index contributed by atoms with van der Waals surface area (Å²) < 4.78 is 39.6. The van der Waals surface area contributed by atoms with Crippen molar-refractivity contribution >= 4 is 27.7 Å². The number of hydrogen-bond donors (Lipinski definition) is 1. The molecule has 1 heterocycles. The van der Waals surface area contributed by atoms with E-state index in [9.17, 15) is 17.6 Å². The number of thioether (sulfide) groups is 1. The van der Waals surface area contributed by atoms with E-state index in [0.717, 1.165) is 18.5 Å². The van der Waals surface area contributed by atoms with E-state index in [2.05, 4.69) is 9.62 Å². The van der Waals surface area contributed by atoms with Crippen molar-refractivity contribution in [3.05, 3.63) is 35.6 Å². The minimum Gasteiger partial charge on any atom is -0.340 e. The lowest BCUT2D eigenvalue weighted by Gasteiger charge is -2.27. The Kier molecular flexibility index (Phi) is 9.20. The molecule has 1 aromatic rings. The van der Waals surface area contributed by atoms with Gasteiger partial charge in [0.15, 0.2) is 0 Å². The summed E-state index contributed by atoms with van der Waals surface area (Å²) in [6.45, 7) is 5.00. The molecule has 0 aliphatic carbocycles. The first-order valence-electron chi connectivity index (χ1n) is 9.59. The van der Waals surface area contributed by atoms with Crippen molar-refractivity contribution in [1.29, 1.82) is 0 Å². The lowest BCUT2D eigenvalue weighted by molar-refractivity contribution is -0.132. The highest BCUT2D eigenvalue weighted by molar-refractivity contribution is 7.98. The molecular weight excluding hydrogens is 401 g/mol. The normalized spacial score (nSPS) is 17.3. The van der Waals surface area contributed by atoms with Crippen LogP contribution in [0, 0.1) is 5.82 Å². The van der Waals surface area contributed by atoms with Gasteiger partial charge in [-0.15, -0.1) is 0 Å². The highest BCUT2D eigenvalue weighted by Gasteiger charge is 2.28. The molecule has 1 unspecified atom stereocenters. The molecule has 1 amide bonds. The average molecular weight is 432 g/mol. The smallest absolute Gasteiger partial charge is 0.240 e. The van der Waals surface area contributed by atoms with E-state index in [1.807, 2.05) is 6.26 Å². The van der Waals surface area contributed by atoms with E-state index in [4.69, 9.17) is 0 Å². The van der Waals surface area contributed by atoms with Crippen molar-refractivity contribution in [2.45, 2.75) is 32.4 Å². The molecule has 1 fully saturated rings. The summed E-state index contributed by atoms with van der Waals surface area (Å²) in [4.78, 5) is 17.0. The molecule has 0 bridgehead atoms. The van der Waals surface area contributed by atoms with E-state index in [1.54, 1.807) is 35.7 Å². The van der Waals surface area contributed by atoms with Gasteiger partial charge in [0.25, 0.3) is 0 Å². The van der Waals surface area contributed by atoms with Crippen molar-refractivity contribution in [1.82, 2.24) is 14.5 Å². The zero-order valence-corrected chi connectivity index (χ0v) is 18.2. The van der Waals surface area contributed by atoms with Crippen molar-refractivity contribution < 1.29 is 17.6 Å². The molecule has 2 rings (SSSR count). The molecule has 9 heteroatoms. The van der Waals surface area contributed by atoms with E-state index >= 15 is 0 Å². The maximum absolute atomic E-state index is 13.1. The maximum Gasteiger partial charge on any atom is 0.240 e. The molecule has 1 aliphatic rings. The molecule has 158 valence electrons. The number of amides is 1. The lowest BCUT2D eigenvalue weighted by Crippen LogP contribution is -2.50. The Balaban J connectivity index is 1.97. The Bertz CT molecular complexity index is 728. The van der Waals surface area contributed by atoms with Crippen LogP contribution < -0.4 is 4.72 Å². The van der Waals surface area contributed by atoms with Crippen LogP contribution in [0.4, 0.5) is 4.39 Å². The average Bonchev–Trinajstić information content (AvgIpc) is 2.92. The number of nitrogens with zero attached hydrogens (tertiary/aromatic N) is 2. The highest BCUT2D eigenvalue weighted by atomic mass is 32.2. The summed E-state index contributed by atoms with van der Waals surface area (Å²) in [5.41, 5.74) is 1.04. The van der Waals surface area contributed by atoms with Crippen LogP contribution >= 0.6 is 11.8 Å². The Morgan fingerprint density at radius 1 is 1.21 bits per heavy atom. The second-order valence-electron chi connectivity index (χ2n) is 6.94. The van der Waals surface area contributed by atoms with Gasteiger partial charge in [-0.05, 0) is 49.5 Å². The summed E-state index contributed by atoms with van der Waals surface area (Å²) >= 11 is 1.59. The van der Waals surface area contributed by atoms with Crippen LogP contribution in [0.25, 0.3) is 0 Å². The molecule has 1 atom stereocenters. The minimum absolute atomic E-state index is 0.0402. The second-order valence-corrected chi connectivity index (χ2v) is 9.96. The fourth-order valence-electron chi connectivity index (χ4n) is 3.19. The van der Waals surface area contributed by atoms with Crippen LogP contribution in [0.3, 0.4) is 0 Å². The van der Waals surface area contributed by atoms with Crippen LogP contribution in [0.2, 0.25) is 0 Å². The van der Waals surface area contributed by atoms with E-state index in [0.29, 0.717) is 38.4 Å². The van der Waals surface area contributed by atoms with Gasteiger partial charge in [-0.25, -0.2) is 17.5 Å². The van der Waals surface area contributed by atoms with Gasteiger partial charge in [0, 0.05) is 32.7 Å². The molecular formula is C19H30FN3O3S2. The quantitative estimate of drug-likeness (QED) is 0.647. The van der Waals surface area contributed by atoms with Gasteiger partial charge in [-0.3, -0.25) is 9.69 Å². The van der Waals surface area contributed by atoms with Gasteiger partial charge in [-0.1, -0.05) is 12.1 Å². The van der Waals surface area contributed by atoms with Crippen LogP contribution in [0.5, 0.6) is 0 Å². The molecule has 28 heavy (non-hydrogen) atoms. The van der Waals surface area contributed by atoms with Gasteiger partial charge in [-0.2, -0.15) is 11.8 Å². The van der Waals surface area contributed by atoms with E-state index in [-0.39, 0.29) is 17.5 Å². The number of halogens is 1. The number of rotatable bonds is 9. The third-order valence-corrected chi connectivity index (χ3v) is 6.88. The topological polar surface area (TPSA) is 69.7 Å². The van der Waals surface area contributed by atoms with Crippen molar-refractivity contribution in [3.8, 4) is 0 Å². The summed E-state index contributed by atoms with van der Waals surface area (Å²) in [7, 11) is -3.44. The molecule has 1 N–H and O–H groups in total. The Morgan fingerprint density at radius 3 is 2.57 bits per heavy atom. The fraction of sp³-hybridized carbons (Fsp3) is 0.632. The number of carbonyl (C=O) groups excluding carboxylic acids is 1. The zero-order valence-electron chi connectivity index (χ0n) is 16.6. The largest absolute Gasteiger partial charge is 0.340 e. The van der Waals surface area contributed by atoms with Crippen LogP contribution in [0.1, 0.15) is 25.3 Å². The van der Waals surface area contributed by atoms with Gasteiger partial charge < -0.3 is 4.90 Å². The first-order valence-corrected chi connectivity index (χ1v) is 12.6.